The van der Waals surface area contributed by atoms with Crippen molar-refractivity contribution >= 4 is 16.9 Å². The van der Waals surface area contributed by atoms with Crippen molar-refractivity contribution in [2.45, 2.75) is 51.1 Å². The Morgan fingerprint density at radius 3 is 2.78 bits per heavy atom. The van der Waals surface area contributed by atoms with Gasteiger partial charge in [0.05, 0.1) is 18.2 Å². The summed E-state index contributed by atoms with van der Waals surface area (Å²) in [6, 6.07) is 11.1. The third-order valence-corrected chi connectivity index (χ3v) is 5.15. The summed E-state index contributed by atoms with van der Waals surface area (Å²) in [6.45, 7) is 1.88. The summed E-state index contributed by atoms with van der Waals surface area (Å²) in [7, 11) is 0. The summed E-state index contributed by atoms with van der Waals surface area (Å²) in [4.78, 5) is 24.4. The van der Waals surface area contributed by atoms with Crippen LogP contribution in [0.3, 0.4) is 0 Å². The maximum absolute atomic E-state index is 12.4. The summed E-state index contributed by atoms with van der Waals surface area (Å²) in [5, 5.41) is 12.3. The summed E-state index contributed by atoms with van der Waals surface area (Å²) >= 11 is 0. The third-order valence-electron chi connectivity index (χ3n) is 5.15. The molecule has 1 aromatic carbocycles. The van der Waals surface area contributed by atoms with E-state index in [4.69, 9.17) is 4.52 Å². The fourth-order valence-corrected chi connectivity index (χ4v) is 3.74. The number of amides is 1. The summed E-state index contributed by atoms with van der Waals surface area (Å²) < 4.78 is 6.85. The largest absolute Gasteiger partial charge is 0.356 e. The van der Waals surface area contributed by atoms with E-state index >= 15 is 0 Å². The molecule has 7 nitrogen and oxygen atoms in total. The van der Waals surface area contributed by atoms with Gasteiger partial charge >= 0.3 is 0 Å². The van der Waals surface area contributed by atoms with Gasteiger partial charge < -0.3 is 9.84 Å². The molecule has 2 aromatic heterocycles. The number of carbonyl (C=O) groups is 1. The highest BCUT2D eigenvalue weighted by molar-refractivity contribution is 5.86. The zero-order chi connectivity index (χ0) is 18.8. The first-order chi connectivity index (χ1) is 13.1. The molecule has 1 aliphatic rings. The van der Waals surface area contributed by atoms with Gasteiger partial charge in [-0.25, -0.2) is 4.68 Å². The number of aromatic nitrogens is 3. The molecule has 1 fully saturated rings. The van der Waals surface area contributed by atoms with Crippen molar-refractivity contribution < 1.29 is 9.32 Å². The number of hydrogen-bond acceptors (Lipinski definition) is 5. The molecule has 0 unspecified atom stereocenters. The number of aryl methyl sites for hydroxylation is 1. The van der Waals surface area contributed by atoms with Gasteiger partial charge in [-0.05, 0) is 50.8 Å². The lowest BCUT2D eigenvalue weighted by atomic mass is 9.91. The van der Waals surface area contributed by atoms with E-state index in [0.717, 1.165) is 36.8 Å². The standard InChI is InChI=1S/C20H22N4O3/c1-13-6-11-20(26)24(22-13)15-9-7-14(8-10-15)21-19(25)12-17-16-4-2-3-5-18(16)27-23-17/h2-6,11,14-15H,7-10,12H2,1H3,(H,21,25). The van der Waals surface area contributed by atoms with Crippen LogP contribution in [0.25, 0.3) is 11.0 Å². The van der Waals surface area contributed by atoms with Crippen LogP contribution in [0.1, 0.15) is 43.1 Å². The molecule has 0 atom stereocenters. The molecule has 2 heterocycles. The van der Waals surface area contributed by atoms with Crippen molar-refractivity contribution in [3.8, 4) is 0 Å². The van der Waals surface area contributed by atoms with Gasteiger partial charge in [0.15, 0.2) is 5.58 Å². The van der Waals surface area contributed by atoms with E-state index in [1.54, 1.807) is 16.8 Å². The highest BCUT2D eigenvalue weighted by Gasteiger charge is 2.25. The van der Waals surface area contributed by atoms with Gasteiger partial charge in [0.25, 0.3) is 5.56 Å². The summed E-state index contributed by atoms with van der Waals surface area (Å²) in [6.07, 6.45) is 3.52. The Labute approximate surface area is 156 Å². The van der Waals surface area contributed by atoms with Crippen LogP contribution in [-0.4, -0.2) is 26.9 Å². The van der Waals surface area contributed by atoms with Gasteiger partial charge in [0, 0.05) is 17.5 Å². The van der Waals surface area contributed by atoms with Crippen molar-refractivity contribution in [2.75, 3.05) is 0 Å². The van der Waals surface area contributed by atoms with E-state index in [0.29, 0.717) is 11.3 Å². The molecule has 0 radical (unpaired) electrons. The summed E-state index contributed by atoms with van der Waals surface area (Å²) in [5.41, 5.74) is 2.13. The van der Waals surface area contributed by atoms with Crippen molar-refractivity contribution in [2.24, 2.45) is 0 Å². The van der Waals surface area contributed by atoms with Gasteiger partial charge in [-0.1, -0.05) is 17.3 Å². The molecule has 0 spiro atoms. The first-order valence-corrected chi connectivity index (χ1v) is 9.29. The molecule has 1 aliphatic carbocycles. The second kappa shape index (κ2) is 7.34. The molecule has 0 saturated heterocycles. The van der Waals surface area contributed by atoms with Crippen molar-refractivity contribution in [1.29, 1.82) is 0 Å². The van der Waals surface area contributed by atoms with Gasteiger partial charge in [-0.2, -0.15) is 5.10 Å². The highest BCUT2D eigenvalue weighted by Crippen LogP contribution is 2.27. The zero-order valence-corrected chi connectivity index (χ0v) is 15.2. The van der Waals surface area contributed by atoms with E-state index in [-0.39, 0.29) is 30.0 Å². The second-order valence-corrected chi connectivity index (χ2v) is 7.13. The number of rotatable bonds is 4. The minimum Gasteiger partial charge on any atom is -0.356 e. The number of fused-ring (bicyclic) bond motifs is 1. The van der Waals surface area contributed by atoms with Crippen LogP contribution in [0.5, 0.6) is 0 Å². The fraction of sp³-hybridized carbons (Fsp3) is 0.400. The highest BCUT2D eigenvalue weighted by atomic mass is 16.5. The van der Waals surface area contributed by atoms with Crippen molar-refractivity contribution in [3.63, 3.8) is 0 Å². The Bertz CT molecular complexity index is 1020. The van der Waals surface area contributed by atoms with E-state index in [9.17, 15) is 9.59 Å². The van der Waals surface area contributed by atoms with Crippen LogP contribution in [0.15, 0.2) is 45.7 Å². The Hall–Kier alpha value is -2.96. The SMILES string of the molecule is Cc1ccc(=O)n(C2CCC(NC(=O)Cc3noc4ccccc34)CC2)n1. The van der Waals surface area contributed by atoms with E-state index in [1.807, 2.05) is 31.2 Å². The van der Waals surface area contributed by atoms with Crippen LogP contribution in [0.4, 0.5) is 0 Å². The van der Waals surface area contributed by atoms with Crippen LogP contribution in [-0.2, 0) is 11.2 Å². The van der Waals surface area contributed by atoms with Crippen LogP contribution < -0.4 is 10.9 Å². The topological polar surface area (TPSA) is 90.0 Å². The minimum atomic E-state index is -0.0639. The number of benzene rings is 1. The number of para-hydroxylation sites is 1. The third kappa shape index (κ3) is 3.77. The molecule has 1 N–H and O–H groups in total. The van der Waals surface area contributed by atoms with Gasteiger partial charge in [-0.15, -0.1) is 0 Å². The predicted molar refractivity (Wildman–Crippen MR) is 100 cm³/mol. The second-order valence-electron chi connectivity index (χ2n) is 7.13. The monoisotopic (exact) mass is 366 g/mol. The lowest BCUT2D eigenvalue weighted by molar-refractivity contribution is -0.121. The Balaban J connectivity index is 1.34. The van der Waals surface area contributed by atoms with Crippen LogP contribution in [0, 0.1) is 6.92 Å². The molecule has 4 rings (SSSR count). The van der Waals surface area contributed by atoms with Gasteiger partial charge in [-0.3, -0.25) is 9.59 Å². The van der Waals surface area contributed by atoms with Crippen molar-refractivity contribution in [1.82, 2.24) is 20.3 Å². The maximum Gasteiger partial charge on any atom is 0.267 e. The number of carbonyl (C=O) groups excluding carboxylic acids is 1. The summed E-state index contributed by atoms with van der Waals surface area (Å²) in [5.74, 6) is -0.0525. The first-order valence-electron chi connectivity index (χ1n) is 9.29. The number of hydrogen-bond donors (Lipinski definition) is 1. The van der Waals surface area contributed by atoms with Crippen molar-refractivity contribution in [3.05, 3.63) is 58.1 Å². The lowest BCUT2D eigenvalue weighted by Crippen LogP contribution is -2.40. The predicted octanol–water partition coefficient (Wildman–Crippen LogP) is 2.54. The van der Waals surface area contributed by atoms with E-state index in [1.165, 1.54) is 0 Å². The molecule has 1 amide bonds. The molecular formula is C20H22N4O3. The quantitative estimate of drug-likeness (QED) is 0.766. The van der Waals surface area contributed by atoms with Gasteiger partial charge in [0.1, 0.15) is 5.69 Å². The lowest BCUT2D eigenvalue weighted by Gasteiger charge is -2.29. The van der Waals surface area contributed by atoms with Gasteiger partial charge in [0.2, 0.25) is 5.91 Å². The zero-order valence-electron chi connectivity index (χ0n) is 15.2. The fourth-order valence-electron chi connectivity index (χ4n) is 3.74. The van der Waals surface area contributed by atoms with Crippen LogP contribution in [0.2, 0.25) is 0 Å². The average Bonchev–Trinajstić information content (AvgIpc) is 3.07. The maximum atomic E-state index is 12.4. The molecule has 27 heavy (non-hydrogen) atoms. The number of nitrogens with zero attached hydrogens (tertiary/aromatic N) is 3. The Morgan fingerprint density at radius 1 is 1.19 bits per heavy atom. The molecular weight excluding hydrogens is 344 g/mol. The Morgan fingerprint density at radius 2 is 1.96 bits per heavy atom. The molecule has 3 aromatic rings. The normalized spacial score (nSPS) is 19.9. The molecule has 0 bridgehead atoms. The van der Waals surface area contributed by atoms with Crippen LogP contribution >= 0.6 is 0 Å². The molecule has 7 heteroatoms. The number of nitrogens with one attached hydrogen (secondary N) is 1. The molecule has 1 saturated carbocycles. The average molecular weight is 366 g/mol. The Kier molecular flexibility index (Phi) is 4.75. The van der Waals surface area contributed by atoms with E-state index < -0.39 is 0 Å². The minimum absolute atomic E-state index is 0.0525. The first kappa shape index (κ1) is 17.5. The molecule has 0 aliphatic heterocycles. The smallest absolute Gasteiger partial charge is 0.267 e. The van der Waals surface area contributed by atoms with E-state index in [2.05, 4.69) is 15.6 Å². The molecule has 140 valence electrons.